The molecule has 0 aromatic heterocycles. The zero-order valence-corrected chi connectivity index (χ0v) is 14.3. The topological polar surface area (TPSA) is 86.2 Å². The number of hydrogen-bond acceptors (Lipinski definition) is 2. The van der Waals surface area contributed by atoms with Gasteiger partial charge in [-0.05, 0) is 47.2 Å². The Morgan fingerprint density at radius 3 is 1.23 bits per heavy atom. The molecule has 3 aromatic carbocycles. The molecule has 0 unspecified atom stereocenters. The molecule has 3 aromatic rings. The summed E-state index contributed by atoms with van der Waals surface area (Å²) in [6.07, 6.45) is 1.00. The van der Waals surface area contributed by atoms with Gasteiger partial charge in [-0.1, -0.05) is 60.7 Å². The first-order valence-corrected chi connectivity index (χ1v) is 8.38. The SMILES string of the molecule is NC(=O)c1ccc(C(N)=O)c(Cc2ccccc2)c1Cc1ccccc1. The van der Waals surface area contributed by atoms with E-state index in [1.54, 1.807) is 12.1 Å². The highest BCUT2D eigenvalue weighted by Gasteiger charge is 2.19. The number of benzene rings is 3. The maximum atomic E-state index is 12.0. The summed E-state index contributed by atoms with van der Waals surface area (Å²) in [5.74, 6) is -1.03. The lowest BCUT2D eigenvalue weighted by molar-refractivity contribution is 0.0987. The molecule has 4 heteroatoms. The minimum atomic E-state index is -0.513. The highest BCUT2D eigenvalue weighted by Crippen LogP contribution is 2.25. The minimum Gasteiger partial charge on any atom is -0.366 e. The van der Waals surface area contributed by atoms with E-state index < -0.39 is 11.8 Å². The van der Waals surface area contributed by atoms with Crippen molar-refractivity contribution in [2.75, 3.05) is 0 Å². The average Bonchev–Trinajstić information content (AvgIpc) is 2.64. The lowest BCUT2D eigenvalue weighted by atomic mass is 9.87. The predicted molar refractivity (Wildman–Crippen MR) is 102 cm³/mol. The van der Waals surface area contributed by atoms with Crippen molar-refractivity contribution in [3.8, 4) is 0 Å². The van der Waals surface area contributed by atoms with Crippen molar-refractivity contribution in [2.24, 2.45) is 11.5 Å². The number of rotatable bonds is 6. The third-order valence-electron chi connectivity index (χ3n) is 4.41. The highest BCUT2D eigenvalue weighted by atomic mass is 16.1. The minimum absolute atomic E-state index is 0.421. The van der Waals surface area contributed by atoms with Crippen LogP contribution in [0.3, 0.4) is 0 Å². The van der Waals surface area contributed by atoms with Gasteiger partial charge in [0.1, 0.15) is 0 Å². The molecule has 0 aliphatic heterocycles. The van der Waals surface area contributed by atoms with Crippen molar-refractivity contribution in [1.29, 1.82) is 0 Å². The predicted octanol–water partition coefficient (Wildman–Crippen LogP) is 3.07. The molecule has 0 fully saturated rings. The van der Waals surface area contributed by atoms with Crippen LogP contribution >= 0.6 is 0 Å². The Kier molecular flexibility index (Phi) is 5.13. The van der Waals surface area contributed by atoms with Gasteiger partial charge >= 0.3 is 0 Å². The van der Waals surface area contributed by atoms with E-state index in [0.717, 1.165) is 22.3 Å². The van der Waals surface area contributed by atoms with Gasteiger partial charge in [0, 0.05) is 11.1 Å². The first kappa shape index (κ1) is 17.4. The van der Waals surface area contributed by atoms with Crippen LogP contribution in [0.1, 0.15) is 43.0 Å². The van der Waals surface area contributed by atoms with Crippen molar-refractivity contribution < 1.29 is 9.59 Å². The summed E-state index contributed by atoms with van der Waals surface area (Å²) in [7, 11) is 0. The van der Waals surface area contributed by atoms with Crippen LogP contribution in [0.5, 0.6) is 0 Å². The summed E-state index contributed by atoms with van der Waals surface area (Å²) in [6.45, 7) is 0. The fourth-order valence-corrected chi connectivity index (χ4v) is 3.16. The van der Waals surface area contributed by atoms with Crippen LogP contribution in [0.15, 0.2) is 72.8 Å². The van der Waals surface area contributed by atoms with Gasteiger partial charge in [-0.3, -0.25) is 9.59 Å². The van der Waals surface area contributed by atoms with Gasteiger partial charge in [0.2, 0.25) is 11.8 Å². The number of nitrogens with two attached hydrogens (primary N) is 2. The number of carbonyl (C=O) groups excluding carboxylic acids is 2. The smallest absolute Gasteiger partial charge is 0.248 e. The lowest BCUT2D eigenvalue weighted by Gasteiger charge is -2.17. The first-order valence-electron chi connectivity index (χ1n) is 8.38. The number of hydrogen-bond donors (Lipinski definition) is 2. The maximum absolute atomic E-state index is 12.0. The summed E-state index contributed by atoms with van der Waals surface area (Å²) in [5, 5.41) is 0. The molecule has 0 saturated carbocycles. The molecule has 0 bridgehead atoms. The molecular formula is C22H20N2O2. The highest BCUT2D eigenvalue weighted by molar-refractivity contribution is 5.99. The van der Waals surface area contributed by atoms with E-state index in [1.165, 1.54) is 0 Å². The van der Waals surface area contributed by atoms with Crippen molar-refractivity contribution >= 4 is 11.8 Å². The van der Waals surface area contributed by atoms with Crippen molar-refractivity contribution in [3.05, 3.63) is 106 Å². The summed E-state index contributed by atoms with van der Waals surface area (Å²) in [5.41, 5.74) is 15.6. The molecule has 26 heavy (non-hydrogen) atoms. The molecular weight excluding hydrogens is 324 g/mol. The molecule has 0 aliphatic carbocycles. The van der Waals surface area contributed by atoms with E-state index >= 15 is 0 Å². The lowest BCUT2D eigenvalue weighted by Crippen LogP contribution is -2.20. The molecule has 0 aliphatic rings. The largest absolute Gasteiger partial charge is 0.366 e. The Morgan fingerprint density at radius 2 is 0.923 bits per heavy atom. The van der Waals surface area contributed by atoms with Crippen molar-refractivity contribution in [3.63, 3.8) is 0 Å². The van der Waals surface area contributed by atoms with Gasteiger partial charge in [-0.2, -0.15) is 0 Å². The van der Waals surface area contributed by atoms with Crippen LogP contribution in [0.4, 0.5) is 0 Å². The van der Waals surface area contributed by atoms with Gasteiger partial charge in [0.15, 0.2) is 0 Å². The van der Waals surface area contributed by atoms with Gasteiger partial charge in [0.05, 0.1) is 0 Å². The Bertz CT molecular complexity index is 857. The molecule has 2 amide bonds. The van der Waals surface area contributed by atoms with E-state index in [9.17, 15) is 9.59 Å². The normalized spacial score (nSPS) is 10.5. The average molecular weight is 344 g/mol. The van der Waals surface area contributed by atoms with Crippen molar-refractivity contribution in [2.45, 2.75) is 12.8 Å². The van der Waals surface area contributed by atoms with E-state index in [4.69, 9.17) is 11.5 Å². The van der Waals surface area contributed by atoms with Gasteiger partial charge < -0.3 is 11.5 Å². The Labute approximate surface area is 152 Å². The molecule has 0 atom stereocenters. The fraction of sp³-hybridized carbons (Fsp3) is 0.0909. The third-order valence-corrected chi connectivity index (χ3v) is 4.41. The van der Waals surface area contributed by atoms with E-state index in [-0.39, 0.29) is 0 Å². The zero-order valence-electron chi connectivity index (χ0n) is 14.3. The molecule has 3 rings (SSSR count). The van der Waals surface area contributed by atoms with Gasteiger partial charge in [-0.15, -0.1) is 0 Å². The number of primary amides is 2. The monoisotopic (exact) mass is 344 g/mol. The molecule has 4 nitrogen and oxygen atoms in total. The number of carbonyl (C=O) groups is 2. The summed E-state index contributed by atoms with van der Waals surface area (Å²) < 4.78 is 0. The van der Waals surface area contributed by atoms with Crippen LogP contribution in [0, 0.1) is 0 Å². The first-order chi connectivity index (χ1) is 12.6. The van der Waals surface area contributed by atoms with Gasteiger partial charge in [-0.25, -0.2) is 0 Å². The van der Waals surface area contributed by atoms with Crippen molar-refractivity contribution in [1.82, 2.24) is 0 Å². The molecule has 130 valence electrons. The van der Waals surface area contributed by atoms with E-state index in [1.807, 2.05) is 60.7 Å². The second kappa shape index (κ2) is 7.66. The second-order valence-corrected chi connectivity index (χ2v) is 6.17. The summed E-state index contributed by atoms with van der Waals surface area (Å²) in [6, 6.07) is 22.7. The molecule has 0 saturated heterocycles. The Balaban J connectivity index is 2.17. The standard InChI is InChI=1S/C22H20N2O2/c23-21(25)17-11-12-18(22(24)26)20(14-16-9-5-2-6-10-16)19(17)13-15-7-3-1-4-8-15/h1-12H,13-14H2,(H2,23,25)(H2,24,26). The third kappa shape index (κ3) is 3.81. The Morgan fingerprint density at radius 1 is 0.577 bits per heavy atom. The molecule has 0 heterocycles. The molecule has 4 N–H and O–H groups in total. The summed E-state index contributed by atoms with van der Waals surface area (Å²) >= 11 is 0. The second-order valence-electron chi connectivity index (χ2n) is 6.17. The van der Waals surface area contributed by atoms with Crippen LogP contribution in [-0.4, -0.2) is 11.8 Å². The van der Waals surface area contributed by atoms with Crippen LogP contribution in [-0.2, 0) is 12.8 Å². The maximum Gasteiger partial charge on any atom is 0.248 e. The summed E-state index contributed by atoms with van der Waals surface area (Å²) in [4.78, 5) is 24.0. The van der Waals surface area contributed by atoms with E-state index in [2.05, 4.69) is 0 Å². The van der Waals surface area contributed by atoms with Gasteiger partial charge in [0.25, 0.3) is 0 Å². The van der Waals surface area contributed by atoms with Crippen LogP contribution < -0.4 is 11.5 Å². The Hall–Kier alpha value is -3.40. The number of amides is 2. The molecule has 0 spiro atoms. The fourth-order valence-electron chi connectivity index (χ4n) is 3.16. The zero-order chi connectivity index (χ0) is 18.5. The molecule has 0 radical (unpaired) electrons. The van der Waals surface area contributed by atoms with E-state index in [0.29, 0.717) is 24.0 Å². The quantitative estimate of drug-likeness (QED) is 0.720. The van der Waals surface area contributed by atoms with Crippen LogP contribution in [0.2, 0.25) is 0 Å². The van der Waals surface area contributed by atoms with Crippen LogP contribution in [0.25, 0.3) is 0 Å².